The first kappa shape index (κ1) is 14.5. The number of rotatable bonds is 5. The number of Topliss-reactive ketones (excluding diaryl/α,β-unsaturated/α-hetero) is 1. The average molecular weight is 390 g/mol. The Morgan fingerprint density at radius 1 is 1.53 bits per heavy atom. The molecule has 5 heteroatoms. The lowest BCUT2D eigenvalue weighted by Gasteiger charge is -2.11. The van der Waals surface area contributed by atoms with Crippen LogP contribution in [0.4, 0.5) is 0 Å². The van der Waals surface area contributed by atoms with Crippen LogP contribution in [0.2, 0.25) is 5.02 Å². The van der Waals surface area contributed by atoms with E-state index in [2.05, 4.69) is 27.6 Å². The number of pyridine rings is 1. The van der Waals surface area contributed by atoms with Crippen molar-refractivity contribution in [3.05, 3.63) is 33.0 Å². The highest BCUT2D eigenvalue weighted by Crippen LogP contribution is 2.34. The van der Waals surface area contributed by atoms with Gasteiger partial charge in [0.15, 0.2) is 11.5 Å². The SMILES string of the molecule is CCCC(=O)COc1c(I)cc(Cl)c2cccnc12. The fraction of sp³-hybridized carbons (Fsp3) is 0.286. The molecule has 0 aliphatic carbocycles. The van der Waals surface area contributed by atoms with Crippen molar-refractivity contribution in [2.75, 3.05) is 6.61 Å². The van der Waals surface area contributed by atoms with Gasteiger partial charge in [0.1, 0.15) is 12.1 Å². The lowest BCUT2D eigenvalue weighted by Crippen LogP contribution is -2.11. The highest BCUT2D eigenvalue weighted by molar-refractivity contribution is 14.1. The number of benzene rings is 1. The lowest BCUT2D eigenvalue weighted by molar-refractivity contribution is -0.121. The van der Waals surface area contributed by atoms with Gasteiger partial charge in [-0.2, -0.15) is 0 Å². The number of carbonyl (C=O) groups excluding carboxylic acids is 1. The largest absolute Gasteiger partial charge is 0.482 e. The van der Waals surface area contributed by atoms with Crippen molar-refractivity contribution in [1.82, 2.24) is 4.98 Å². The normalized spacial score (nSPS) is 10.7. The zero-order chi connectivity index (χ0) is 13.8. The van der Waals surface area contributed by atoms with Crippen LogP contribution in [0.5, 0.6) is 5.75 Å². The molecule has 0 saturated heterocycles. The Labute approximate surface area is 130 Å². The van der Waals surface area contributed by atoms with Gasteiger partial charge < -0.3 is 4.74 Å². The maximum Gasteiger partial charge on any atom is 0.170 e. The quantitative estimate of drug-likeness (QED) is 0.718. The highest BCUT2D eigenvalue weighted by atomic mass is 127. The van der Waals surface area contributed by atoms with E-state index in [-0.39, 0.29) is 12.4 Å². The summed E-state index contributed by atoms with van der Waals surface area (Å²) in [6.45, 7) is 2.05. The maximum atomic E-state index is 11.6. The van der Waals surface area contributed by atoms with Crippen LogP contribution >= 0.6 is 34.2 Å². The van der Waals surface area contributed by atoms with Crippen LogP contribution in [-0.2, 0) is 4.79 Å². The van der Waals surface area contributed by atoms with Gasteiger partial charge in [-0.3, -0.25) is 9.78 Å². The van der Waals surface area contributed by atoms with Gasteiger partial charge in [0, 0.05) is 18.0 Å². The van der Waals surface area contributed by atoms with Crippen molar-refractivity contribution in [3.63, 3.8) is 0 Å². The molecule has 1 heterocycles. The van der Waals surface area contributed by atoms with Crippen LogP contribution in [0.25, 0.3) is 10.9 Å². The molecule has 0 radical (unpaired) electrons. The Hall–Kier alpha value is -0.880. The number of halogens is 2. The molecular formula is C14H13ClINO2. The molecule has 3 nitrogen and oxygen atoms in total. The molecule has 0 N–H and O–H groups in total. The van der Waals surface area contributed by atoms with E-state index < -0.39 is 0 Å². The number of ether oxygens (including phenoxy) is 1. The second kappa shape index (κ2) is 6.52. The number of hydrogen-bond donors (Lipinski definition) is 0. The topological polar surface area (TPSA) is 39.2 Å². The Bertz CT molecular complexity index is 616. The molecule has 0 aliphatic heterocycles. The average Bonchev–Trinajstić information content (AvgIpc) is 2.39. The van der Waals surface area contributed by atoms with E-state index >= 15 is 0 Å². The third kappa shape index (κ3) is 3.36. The first-order chi connectivity index (χ1) is 9.13. The first-order valence-corrected chi connectivity index (χ1v) is 7.46. The van der Waals surface area contributed by atoms with Gasteiger partial charge in [-0.15, -0.1) is 0 Å². The summed E-state index contributed by atoms with van der Waals surface area (Å²) in [5, 5.41) is 1.47. The second-order valence-corrected chi connectivity index (χ2v) is 5.72. The maximum absolute atomic E-state index is 11.6. The van der Waals surface area contributed by atoms with Crippen molar-refractivity contribution in [1.29, 1.82) is 0 Å². The number of carbonyl (C=O) groups is 1. The van der Waals surface area contributed by atoms with Gasteiger partial charge in [0.25, 0.3) is 0 Å². The summed E-state index contributed by atoms with van der Waals surface area (Å²) < 4.78 is 6.50. The summed E-state index contributed by atoms with van der Waals surface area (Å²) in [6, 6.07) is 5.54. The molecule has 1 aromatic carbocycles. The fourth-order valence-corrected chi connectivity index (χ4v) is 2.96. The van der Waals surface area contributed by atoms with Crippen LogP contribution in [-0.4, -0.2) is 17.4 Å². The van der Waals surface area contributed by atoms with Crippen LogP contribution in [0.1, 0.15) is 19.8 Å². The zero-order valence-corrected chi connectivity index (χ0v) is 13.4. The van der Waals surface area contributed by atoms with E-state index in [9.17, 15) is 4.79 Å². The number of nitrogens with zero attached hydrogens (tertiary/aromatic N) is 1. The van der Waals surface area contributed by atoms with Crippen molar-refractivity contribution < 1.29 is 9.53 Å². The van der Waals surface area contributed by atoms with E-state index in [0.29, 0.717) is 22.7 Å². The molecule has 1 aromatic heterocycles. The third-order valence-corrected chi connectivity index (χ3v) is 3.77. The van der Waals surface area contributed by atoms with Gasteiger partial charge in [0.2, 0.25) is 0 Å². The smallest absolute Gasteiger partial charge is 0.170 e. The Morgan fingerprint density at radius 3 is 3.05 bits per heavy atom. The van der Waals surface area contributed by atoms with Crippen molar-refractivity contribution in [3.8, 4) is 5.75 Å². The fourth-order valence-electron chi connectivity index (χ4n) is 1.79. The van der Waals surface area contributed by atoms with Gasteiger partial charge in [-0.1, -0.05) is 18.5 Å². The lowest BCUT2D eigenvalue weighted by atomic mass is 10.2. The Kier molecular flexibility index (Phi) is 4.99. The van der Waals surface area contributed by atoms with E-state index in [4.69, 9.17) is 16.3 Å². The summed E-state index contributed by atoms with van der Waals surface area (Å²) in [7, 11) is 0. The predicted octanol–water partition coefficient (Wildman–Crippen LogP) is 4.24. The zero-order valence-electron chi connectivity index (χ0n) is 10.5. The molecule has 0 amide bonds. The highest BCUT2D eigenvalue weighted by Gasteiger charge is 2.13. The molecule has 19 heavy (non-hydrogen) atoms. The van der Waals surface area contributed by atoms with Gasteiger partial charge in [-0.05, 0) is 47.2 Å². The molecule has 0 bridgehead atoms. The Morgan fingerprint density at radius 2 is 2.32 bits per heavy atom. The monoisotopic (exact) mass is 389 g/mol. The standard InChI is InChI=1S/C14H13ClINO2/c1-2-4-9(18)8-19-14-12(16)7-11(15)10-5-3-6-17-13(10)14/h3,5-7H,2,4,8H2,1H3. The number of ketones is 1. The van der Waals surface area contributed by atoms with Crippen molar-refractivity contribution in [2.24, 2.45) is 0 Å². The van der Waals surface area contributed by atoms with E-state index in [0.717, 1.165) is 15.4 Å². The van der Waals surface area contributed by atoms with Crippen molar-refractivity contribution in [2.45, 2.75) is 19.8 Å². The molecule has 0 aliphatic rings. The molecule has 2 rings (SSSR count). The first-order valence-electron chi connectivity index (χ1n) is 6.00. The Balaban J connectivity index is 2.34. The summed E-state index contributed by atoms with van der Waals surface area (Å²) in [6.07, 6.45) is 3.06. The van der Waals surface area contributed by atoms with Gasteiger partial charge in [0.05, 0.1) is 8.59 Å². The van der Waals surface area contributed by atoms with E-state index in [1.54, 1.807) is 6.20 Å². The predicted molar refractivity (Wildman–Crippen MR) is 84.9 cm³/mol. The van der Waals surface area contributed by atoms with Crippen molar-refractivity contribution >= 4 is 50.9 Å². The third-order valence-electron chi connectivity index (χ3n) is 2.66. The number of hydrogen-bond acceptors (Lipinski definition) is 3. The molecule has 2 aromatic rings. The molecular weight excluding hydrogens is 377 g/mol. The van der Waals surface area contributed by atoms with Crippen LogP contribution in [0.3, 0.4) is 0 Å². The summed E-state index contributed by atoms with van der Waals surface area (Å²) in [4.78, 5) is 15.9. The molecule has 0 unspecified atom stereocenters. The second-order valence-electron chi connectivity index (χ2n) is 4.15. The molecule has 0 spiro atoms. The molecule has 0 atom stereocenters. The summed E-state index contributed by atoms with van der Waals surface area (Å²) >= 11 is 8.32. The molecule has 100 valence electrons. The van der Waals surface area contributed by atoms with E-state index in [1.807, 2.05) is 25.1 Å². The minimum absolute atomic E-state index is 0.0805. The van der Waals surface area contributed by atoms with E-state index in [1.165, 1.54) is 0 Å². The number of fused-ring (bicyclic) bond motifs is 1. The van der Waals surface area contributed by atoms with Crippen LogP contribution in [0, 0.1) is 3.57 Å². The van der Waals surface area contributed by atoms with Gasteiger partial charge >= 0.3 is 0 Å². The summed E-state index contributed by atoms with van der Waals surface area (Å²) in [5.74, 6) is 0.724. The van der Waals surface area contributed by atoms with Crippen LogP contribution < -0.4 is 4.74 Å². The van der Waals surface area contributed by atoms with Gasteiger partial charge in [-0.25, -0.2) is 0 Å². The minimum Gasteiger partial charge on any atom is -0.482 e. The number of aromatic nitrogens is 1. The molecule has 0 fully saturated rings. The summed E-state index contributed by atoms with van der Waals surface area (Å²) in [5.41, 5.74) is 0.698. The minimum atomic E-state index is 0.0805. The molecule has 0 saturated carbocycles. The van der Waals surface area contributed by atoms with Crippen LogP contribution in [0.15, 0.2) is 24.4 Å².